The summed E-state index contributed by atoms with van der Waals surface area (Å²) >= 11 is 3.50. The van der Waals surface area contributed by atoms with Gasteiger partial charge in [0.05, 0.1) is 6.61 Å². The Bertz CT molecular complexity index is 723. The summed E-state index contributed by atoms with van der Waals surface area (Å²) in [6, 6.07) is 7.96. The number of halogens is 1. The summed E-state index contributed by atoms with van der Waals surface area (Å²) in [7, 11) is 5.04. The van der Waals surface area contributed by atoms with Gasteiger partial charge in [0.2, 0.25) is 6.41 Å². The number of ether oxygens (including phenoxy) is 1. The van der Waals surface area contributed by atoms with E-state index in [-0.39, 0.29) is 12.1 Å². The third-order valence-corrected chi connectivity index (χ3v) is 4.96. The third kappa shape index (κ3) is 5.48. The Morgan fingerprint density at radius 1 is 1.36 bits per heavy atom. The highest BCUT2D eigenvalue weighted by atomic mass is 79.9. The van der Waals surface area contributed by atoms with E-state index < -0.39 is 0 Å². The monoisotopic (exact) mass is 452 g/mol. The lowest BCUT2D eigenvalue weighted by Crippen LogP contribution is -2.43. The van der Waals surface area contributed by atoms with Gasteiger partial charge in [-0.1, -0.05) is 41.4 Å². The number of nitrogens with one attached hydrogen (secondary N) is 1. The van der Waals surface area contributed by atoms with E-state index in [4.69, 9.17) is 4.74 Å². The number of nitrogens with zero attached hydrogens (tertiary/aromatic N) is 3. The van der Waals surface area contributed by atoms with E-state index in [0.717, 1.165) is 22.9 Å². The first kappa shape index (κ1) is 22.2. The topological polar surface area (TPSA) is 65.1 Å². The molecule has 0 bridgehead atoms. The van der Waals surface area contributed by atoms with Crippen molar-refractivity contribution in [3.63, 3.8) is 0 Å². The van der Waals surface area contributed by atoms with E-state index in [1.165, 1.54) is 9.80 Å². The van der Waals surface area contributed by atoms with Gasteiger partial charge >= 0.3 is 0 Å². The van der Waals surface area contributed by atoms with Crippen molar-refractivity contribution in [2.75, 3.05) is 34.4 Å². The van der Waals surface area contributed by atoms with Gasteiger partial charge in [0.1, 0.15) is 17.7 Å². The number of carbonyl (C=O) groups excluding carboxylic acids is 2. The molecular weight excluding hydrogens is 424 g/mol. The zero-order chi connectivity index (χ0) is 20.7. The van der Waals surface area contributed by atoms with Crippen molar-refractivity contribution in [1.82, 2.24) is 20.0 Å². The van der Waals surface area contributed by atoms with E-state index in [9.17, 15) is 9.59 Å². The van der Waals surface area contributed by atoms with Crippen molar-refractivity contribution in [2.24, 2.45) is 0 Å². The summed E-state index contributed by atoms with van der Waals surface area (Å²) in [6.07, 6.45) is 2.49. The van der Waals surface area contributed by atoms with Crippen LogP contribution in [0.25, 0.3) is 0 Å². The van der Waals surface area contributed by atoms with E-state index >= 15 is 0 Å². The molecule has 0 aliphatic carbocycles. The molecule has 154 valence electrons. The molecule has 1 aromatic rings. The molecule has 1 aromatic carbocycles. The maximum absolute atomic E-state index is 13.0. The molecule has 2 amide bonds. The fourth-order valence-corrected chi connectivity index (χ4v) is 3.39. The molecule has 8 heteroatoms. The molecular formula is C20H29BrN4O3. The van der Waals surface area contributed by atoms with Crippen LogP contribution in [0.3, 0.4) is 0 Å². The van der Waals surface area contributed by atoms with Crippen molar-refractivity contribution < 1.29 is 14.3 Å². The Morgan fingerprint density at radius 2 is 2.11 bits per heavy atom. The zero-order valence-corrected chi connectivity index (χ0v) is 18.5. The number of amides is 2. The molecule has 1 heterocycles. The predicted molar refractivity (Wildman–Crippen MR) is 112 cm³/mol. The van der Waals surface area contributed by atoms with E-state index in [0.29, 0.717) is 37.7 Å². The molecule has 1 N–H and O–H groups in total. The fraction of sp³-hybridized carbons (Fsp3) is 0.500. The summed E-state index contributed by atoms with van der Waals surface area (Å²) in [5.41, 5.74) is 1.51. The van der Waals surface area contributed by atoms with Gasteiger partial charge in [-0.05, 0) is 24.1 Å². The number of carbonyl (C=O) groups is 2. The van der Waals surface area contributed by atoms with Crippen LogP contribution in [-0.2, 0) is 20.9 Å². The van der Waals surface area contributed by atoms with Gasteiger partial charge < -0.3 is 24.8 Å². The number of unbranched alkanes of at least 4 members (excludes halogenated alkanes) is 1. The Morgan fingerprint density at radius 3 is 2.71 bits per heavy atom. The number of likely N-dealkylation sites (N-methyl/N-ethyl adjacent to an activating group) is 1. The van der Waals surface area contributed by atoms with E-state index in [1.54, 1.807) is 21.1 Å². The van der Waals surface area contributed by atoms with Gasteiger partial charge in [-0.15, -0.1) is 0 Å². The van der Waals surface area contributed by atoms with Crippen LogP contribution in [0.4, 0.5) is 0 Å². The maximum Gasteiger partial charge on any atom is 0.273 e. The molecule has 1 atom stereocenters. The molecule has 7 nitrogen and oxygen atoms in total. The standard InChI is InChI=1S/C20H29BrN4O3/c1-5-6-10-28-13-17-22-19(24(4)14-26)18(20(27)23(2)3)25(17)12-15-8-7-9-16(21)11-15/h7-9,11,14,17,22H,5-6,10,12-13H2,1-4H3. The van der Waals surface area contributed by atoms with Gasteiger partial charge in [0, 0.05) is 38.8 Å². The first-order chi connectivity index (χ1) is 13.4. The molecule has 0 fully saturated rings. The van der Waals surface area contributed by atoms with Crippen molar-refractivity contribution >= 4 is 28.2 Å². The minimum atomic E-state index is -0.243. The second-order valence-corrected chi connectivity index (χ2v) is 7.88. The molecule has 28 heavy (non-hydrogen) atoms. The lowest BCUT2D eigenvalue weighted by Gasteiger charge is -2.29. The highest BCUT2D eigenvalue weighted by molar-refractivity contribution is 9.10. The summed E-state index contributed by atoms with van der Waals surface area (Å²) in [6.45, 7) is 3.70. The average molecular weight is 453 g/mol. The molecule has 0 saturated carbocycles. The van der Waals surface area contributed by atoms with Crippen molar-refractivity contribution in [2.45, 2.75) is 32.5 Å². The minimum absolute atomic E-state index is 0.165. The van der Waals surface area contributed by atoms with Crippen LogP contribution in [0.1, 0.15) is 25.3 Å². The smallest absolute Gasteiger partial charge is 0.273 e. The van der Waals surface area contributed by atoms with Crippen molar-refractivity contribution in [3.8, 4) is 0 Å². The number of hydrogen-bond acceptors (Lipinski definition) is 5. The lowest BCUT2D eigenvalue weighted by molar-refractivity contribution is -0.126. The lowest BCUT2D eigenvalue weighted by atomic mass is 10.2. The average Bonchev–Trinajstić information content (AvgIpc) is 3.02. The minimum Gasteiger partial charge on any atom is -0.377 e. The Kier molecular flexibility index (Phi) is 8.32. The van der Waals surface area contributed by atoms with Crippen LogP contribution < -0.4 is 5.32 Å². The van der Waals surface area contributed by atoms with Gasteiger partial charge in [-0.3, -0.25) is 9.59 Å². The van der Waals surface area contributed by atoms with Crippen molar-refractivity contribution in [1.29, 1.82) is 0 Å². The molecule has 1 aliphatic rings. The van der Waals surface area contributed by atoms with Crippen LogP contribution >= 0.6 is 15.9 Å². The Balaban J connectivity index is 2.36. The summed E-state index contributed by atoms with van der Waals surface area (Å²) in [4.78, 5) is 29.3. The van der Waals surface area contributed by atoms with Gasteiger partial charge in [-0.25, -0.2) is 0 Å². The number of rotatable bonds is 10. The first-order valence-electron chi connectivity index (χ1n) is 9.38. The maximum atomic E-state index is 13.0. The Hall–Kier alpha value is -2.06. The second-order valence-electron chi connectivity index (χ2n) is 6.96. The van der Waals surface area contributed by atoms with Gasteiger partial charge in [0.15, 0.2) is 0 Å². The van der Waals surface area contributed by atoms with Crippen LogP contribution in [0.15, 0.2) is 40.3 Å². The molecule has 0 radical (unpaired) electrons. The first-order valence-corrected chi connectivity index (χ1v) is 10.2. The van der Waals surface area contributed by atoms with Gasteiger partial charge in [-0.2, -0.15) is 0 Å². The van der Waals surface area contributed by atoms with Crippen LogP contribution in [-0.4, -0.2) is 67.5 Å². The number of benzene rings is 1. The fourth-order valence-electron chi connectivity index (χ4n) is 2.95. The molecule has 1 aliphatic heterocycles. The van der Waals surface area contributed by atoms with E-state index in [2.05, 4.69) is 28.2 Å². The molecule has 2 rings (SSSR count). The quantitative estimate of drug-likeness (QED) is 0.435. The zero-order valence-electron chi connectivity index (χ0n) is 16.9. The normalized spacial score (nSPS) is 16.2. The predicted octanol–water partition coefficient (Wildman–Crippen LogP) is 2.34. The van der Waals surface area contributed by atoms with Crippen LogP contribution in [0, 0.1) is 0 Å². The van der Waals surface area contributed by atoms with Crippen LogP contribution in [0.2, 0.25) is 0 Å². The van der Waals surface area contributed by atoms with Crippen molar-refractivity contribution in [3.05, 3.63) is 45.8 Å². The van der Waals surface area contributed by atoms with E-state index in [1.807, 2.05) is 29.2 Å². The SMILES string of the molecule is CCCCOCC1NC(N(C)C=O)=C(C(=O)N(C)C)N1Cc1cccc(Br)c1. The molecule has 0 saturated heterocycles. The van der Waals surface area contributed by atoms with Gasteiger partial charge in [0.25, 0.3) is 5.91 Å². The highest BCUT2D eigenvalue weighted by Crippen LogP contribution is 2.26. The molecule has 1 unspecified atom stereocenters. The largest absolute Gasteiger partial charge is 0.377 e. The second kappa shape index (κ2) is 10.5. The Labute approximate surface area is 175 Å². The molecule has 0 spiro atoms. The molecule has 0 aromatic heterocycles. The summed E-state index contributed by atoms with van der Waals surface area (Å²) < 4.78 is 6.80. The summed E-state index contributed by atoms with van der Waals surface area (Å²) in [5.74, 6) is 0.329. The number of hydrogen-bond donors (Lipinski definition) is 1. The third-order valence-electron chi connectivity index (χ3n) is 4.47. The summed E-state index contributed by atoms with van der Waals surface area (Å²) in [5, 5.41) is 3.31. The van der Waals surface area contributed by atoms with Crippen LogP contribution in [0.5, 0.6) is 0 Å². The highest BCUT2D eigenvalue weighted by Gasteiger charge is 2.37.